The van der Waals surface area contributed by atoms with Crippen LogP contribution >= 0.6 is 15.9 Å². The van der Waals surface area contributed by atoms with Gasteiger partial charge >= 0.3 is 23.9 Å². The van der Waals surface area contributed by atoms with Crippen molar-refractivity contribution in [3.8, 4) is 0 Å². The molecule has 0 saturated heterocycles. The summed E-state index contributed by atoms with van der Waals surface area (Å²) in [5.74, 6) is -4.98. The molecule has 2 amide bonds. The van der Waals surface area contributed by atoms with E-state index in [1.54, 1.807) is 12.1 Å². The van der Waals surface area contributed by atoms with Crippen LogP contribution in [0.4, 0.5) is 5.69 Å². The first-order valence-corrected chi connectivity index (χ1v) is 13.9. The zero-order valence-electron chi connectivity index (χ0n) is 24.2. The van der Waals surface area contributed by atoms with Crippen LogP contribution in [-0.4, -0.2) is 94.0 Å². The highest BCUT2D eigenvalue weighted by molar-refractivity contribution is 9.10. The molecule has 16 heteroatoms. The largest absolute Gasteiger partial charge is 0.451 e. The van der Waals surface area contributed by atoms with Gasteiger partial charge in [-0.1, -0.05) is 0 Å². The van der Waals surface area contributed by atoms with Gasteiger partial charge in [-0.05, 0) is 55.8 Å². The molecule has 0 bridgehead atoms. The molecule has 43 heavy (non-hydrogen) atoms. The van der Waals surface area contributed by atoms with Crippen molar-refractivity contribution in [3.05, 3.63) is 29.0 Å². The van der Waals surface area contributed by atoms with Gasteiger partial charge < -0.3 is 18.9 Å². The van der Waals surface area contributed by atoms with Crippen LogP contribution in [0, 0.1) is 0 Å². The number of halogens is 1. The molecular weight excluding hydrogens is 634 g/mol. The van der Waals surface area contributed by atoms with Crippen molar-refractivity contribution in [3.63, 3.8) is 0 Å². The van der Waals surface area contributed by atoms with Gasteiger partial charge in [-0.2, -0.15) is 0 Å². The van der Waals surface area contributed by atoms with E-state index in [2.05, 4.69) is 30.9 Å². The van der Waals surface area contributed by atoms with Gasteiger partial charge in [-0.15, -0.1) is 0 Å². The summed E-state index contributed by atoms with van der Waals surface area (Å²) in [5, 5.41) is 0. The second kappa shape index (κ2) is 14.1. The van der Waals surface area contributed by atoms with Crippen LogP contribution in [0.5, 0.6) is 0 Å². The van der Waals surface area contributed by atoms with Gasteiger partial charge in [-0.25, -0.2) is 14.5 Å². The summed E-state index contributed by atoms with van der Waals surface area (Å²) in [7, 11) is 0. The Morgan fingerprint density at radius 1 is 0.814 bits per heavy atom. The zero-order chi connectivity index (χ0) is 32.0. The fraction of sp³-hybridized carbons (Fsp3) is 0.444. The number of rotatable bonds is 9. The van der Waals surface area contributed by atoms with Crippen molar-refractivity contribution in [2.24, 2.45) is 4.99 Å². The number of aromatic nitrogens is 2. The molecule has 1 aromatic carbocycles. The van der Waals surface area contributed by atoms with E-state index < -0.39 is 60.1 Å². The maximum absolute atomic E-state index is 13.9. The third-order valence-electron chi connectivity index (χ3n) is 5.93. The van der Waals surface area contributed by atoms with E-state index in [4.69, 9.17) is 18.9 Å². The fourth-order valence-electron chi connectivity index (χ4n) is 3.96. The Balaban J connectivity index is 1.97. The molecule has 1 aliphatic heterocycles. The number of benzene rings is 1. The first-order valence-electron chi connectivity index (χ1n) is 13.1. The molecule has 15 nitrogen and oxygen atoms in total. The second-order valence-electron chi connectivity index (χ2n) is 9.33. The molecule has 0 radical (unpaired) electrons. The first kappa shape index (κ1) is 33.0. The molecule has 1 aliphatic rings. The third-order valence-corrected chi connectivity index (χ3v) is 6.72. The van der Waals surface area contributed by atoms with Crippen molar-refractivity contribution in [1.29, 1.82) is 0 Å². The topological polar surface area (TPSA) is 184 Å². The third kappa shape index (κ3) is 7.88. The van der Waals surface area contributed by atoms with Gasteiger partial charge in [0.2, 0.25) is 5.96 Å². The molecule has 1 aromatic heterocycles. The Kier molecular flexibility index (Phi) is 10.9. The number of nitrogens with zero attached hydrogens (tertiary/aromatic N) is 5. The molecule has 4 unspecified atom stereocenters. The van der Waals surface area contributed by atoms with Crippen LogP contribution in [0.1, 0.15) is 41.5 Å². The minimum absolute atomic E-state index is 0.0298. The standard InChI is InChI=1S/C27H30BrN5O10/c1-13(42-25(38)15(3)40-17(5)34)23(36)32-12-11-31-27(32)33(20-8-7-19-22(21(20)28)30-10-9-29-19)24(37)14(2)43-26(39)16(4)41-18(6)35/h7-10,13-16H,11-12H2,1-6H3. The van der Waals surface area contributed by atoms with Gasteiger partial charge in [0.25, 0.3) is 11.8 Å². The normalized spacial score (nSPS) is 15.4. The molecule has 0 fully saturated rings. The quantitative estimate of drug-likeness (QED) is 0.280. The highest BCUT2D eigenvalue weighted by Gasteiger charge is 2.40. The number of aliphatic imine (C=N–C) groups is 1. The lowest BCUT2D eigenvalue weighted by molar-refractivity contribution is -0.171. The Morgan fingerprint density at radius 3 is 1.95 bits per heavy atom. The van der Waals surface area contributed by atoms with Crippen molar-refractivity contribution in [2.75, 3.05) is 18.0 Å². The average Bonchev–Trinajstić information content (AvgIpc) is 3.42. The summed E-state index contributed by atoms with van der Waals surface area (Å²) >= 11 is 3.47. The van der Waals surface area contributed by atoms with Crippen LogP contribution < -0.4 is 4.90 Å². The summed E-state index contributed by atoms with van der Waals surface area (Å²) in [4.78, 5) is 90.0. The van der Waals surface area contributed by atoms with Gasteiger partial charge in [-0.3, -0.25) is 39.0 Å². The number of hydrogen-bond acceptors (Lipinski definition) is 13. The summed E-state index contributed by atoms with van der Waals surface area (Å²) in [6, 6.07) is 3.15. The molecule has 0 aliphatic carbocycles. The number of carbonyl (C=O) groups is 6. The maximum Gasteiger partial charge on any atom is 0.347 e. The molecule has 0 spiro atoms. The predicted molar refractivity (Wildman–Crippen MR) is 152 cm³/mol. The highest BCUT2D eigenvalue weighted by atomic mass is 79.9. The predicted octanol–water partition coefficient (Wildman–Crippen LogP) is 1.69. The molecule has 3 rings (SSSR count). The minimum Gasteiger partial charge on any atom is -0.451 e. The van der Waals surface area contributed by atoms with E-state index in [9.17, 15) is 28.8 Å². The Bertz CT molecular complexity index is 1480. The van der Waals surface area contributed by atoms with Gasteiger partial charge in [0.05, 0.1) is 22.2 Å². The number of esters is 4. The van der Waals surface area contributed by atoms with E-state index in [1.165, 1.54) is 40.1 Å². The van der Waals surface area contributed by atoms with Crippen LogP contribution in [-0.2, 0) is 47.7 Å². The smallest absolute Gasteiger partial charge is 0.347 e. The van der Waals surface area contributed by atoms with Crippen molar-refractivity contribution in [1.82, 2.24) is 14.9 Å². The average molecular weight is 664 g/mol. The Hall–Kier alpha value is -4.47. The Labute approximate surface area is 254 Å². The van der Waals surface area contributed by atoms with E-state index in [1.807, 2.05) is 0 Å². The van der Waals surface area contributed by atoms with Gasteiger partial charge in [0, 0.05) is 32.8 Å². The summed E-state index contributed by atoms with van der Waals surface area (Å²) in [6.45, 7) is 7.61. The van der Waals surface area contributed by atoms with E-state index in [0.717, 1.165) is 23.6 Å². The summed E-state index contributed by atoms with van der Waals surface area (Å²) < 4.78 is 20.5. The number of hydrogen-bond donors (Lipinski definition) is 0. The maximum atomic E-state index is 13.9. The number of anilines is 1. The zero-order valence-corrected chi connectivity index (χ0v) is 25.8. The molecule has 0 N–H and O–H groups in total. The van der Waals surface area contributed by atoms with Crippen LogP contribution in [0.25, 0.3) is 11.0 Å². The van der Waals surface area contributed by atoms with Crippen LogP contribution in [0.15, 0.2) is 34.0 Å². The molecule has 2 aromatic rings. The minimum atomic E-state index is -1.44. The Morgan fingerprint density at radius 2 is 1.37 bits per heavy atom. The summed E-state index contributed by atoms with van der Waals surface area (Å²) in [5.41, 5.74) is 1.09. The fourth-order valence-corrected chi connectivity index (χ4v) is 4.58. The van der Waals surface area contributed by atoms with Gasteiger partial charge in [0.1, 0.15) is 5.52 Å². The second-order valence-corrected chi connectivity index (χ2v) is 10.1. The van der Waals surface area contributed by atoms with Crippen molar-refractivity contribution in [2.45, 2.75) is 66.0 Å². The van der Waals surface area contributed by atoms with Gasteiger partial charge in [0.15, 0.2) is 24.4 Å². The highest BCUT2D eigenvalue weighted by Crippen LogP contribution is 2.34. The SMILES string of the molecule is CC(=O)OC(C)C(=O)OC(C)C(=O)N1CCN=C1N(C(=O)C(C)OC(=O)C(C)OC(C)=O)c1ccc2nccnc2c1Br. The lowest BCUT2D eigenvalue weighted by atomic mass is 10.2. The van der Waals surface area contributed by atoms with Crippen LogP contribution in [0.2, 0.25) is 0 Å². The van der Waals surface area contributed by atoms with E-state index >= 15 is 0 Å². The number of fused-ring (bicyclic) bond motifs is 1. The van der Waals surface area contributed by atoms with Crippen LogP contribution in [0.3, 0.4) is 0 Å². The summed E-state index contributed by atoms with van der Waals surface area (Å²) in [6.07, 6.45) is -2.37. The monoisotopic (exact) mass is 663 g/mol. The van der Waals surface area contributed by atoms with Crippen molar-refractivity contribution < 1.29 is 47.7 Å². The number of ether oxygens (including phenoxy) is 4. The first-order chi connectivity index (χ1) is 20.2. The lowest BCUT2D eigenvalue weighted by Gasteiger charge is -2.32. The molecule has 230 valence electrons. The van der Waals surface area contributed by atoms with E-state index in [-0.39, 0.29) is 24.7 Å². The molecule has 4 atom stereocenters. The van der Waals surface area contributed by atoms with E-state index in [0.29, 0.717) is 15.5 Å². The van der Waals surface area contributed by atoms with Crippen molar-refractivity contribution >= 4 is 74.3 Å². The number of guanidine groups is 1. The molecular formula is C27H30BrN5O10. The number of carbonyl (C=O) groups excluding carboxylic acids is 6. The lowest BCUT2D eigenvalue weighted by Crippen LogP contribution is -2.54. The number of amides is 2. The molecule has 2 heterocycles. The molecule has 0 saturated carbocycles.